The second kappa shape index (κ2) is 25.2. The Morgan fingerprint density at radius 2 is 1.63 bits per heavy atom. The van der Waals surface area contributed by atoms with Crippen LogP contribution in [0.1, 0.15) is 109 Å². The minimum Gasteiger partial charge on any atom is -0.391 e. The molecule has 15 nitrogen and oxygen atoms in total. The molecule has 4 aliphatic carbocycles. The summed E-state index contributed by atoms with van der Waals surface area (Å²) in [5.41, 5.74) is 9.57. The molecule has 1 saturated heterocycles. The molecular weight excluding hydrogens is 983 g/mol. The van der Waals surface area contributed by atoms with Crippen LogP contribution < -0.4 is 15.5 Å². The number of ether oxygens (including phenoxy) is 4. The first-order chi connectivity index (χ1) is 36.4. The molecule has 0 bridgehead atoms. The summed E-state index contributed by atoms with van der Waals surface area (Å²) in [6, 6.07) is 15.0. The van der Waals surface area contributed by atoms with Gasteiger partial charge in [-0.2, -0.15) is 0 Å². The number of nitrogens with zero attached hydrogens (tertiary/aromatic N) is 3. The van der Waals surface area contributed by atoms with Crippen molar-refractivity contribution >= 4 is 40.5 Å². The van der Waals surface area contributed by atoms with Crippen LogP contribution in [0.4, 0.5) is 5.69 Å². The van der Waals surface area contributed by atoms with Crippen LogP contribution in [-0.2, 0) is 44.7 Å². The number of fused-ring (bicyclic) bond motifs is 4. The number of aliphatic hydroxyl groups is 2. The van der Waals surface area contributed by atoms with Crippen molar-refractivity contribution in [3.63, 3.8) is 0 Å². The number of allylic oxidation sites excluding steroid dienone is 5. The van der Waals surface area contributed by atoms with Gasteiger partial charge in [0.1, 0.15) is 18.7 Å². The van der Waals surface area contributed by atoms with E-state index >= 15 is 0 Å². The maximum absolute atomic E-state index is 14.0. The monoisotopic (exact) mass is 1060 g/mol. The highest BCUT2D eigenvalue weighted by atomic mass is 32.1. The highest BCUT2D eigenvalue weighted by Crippen LogP contribution is 2.67. The molecule has 76 heavy (non-hydrogen) atoms. The fraction of sp³-hybridized carbons (Fsp3) is 0.583. The summed E-state index contributed by atoms with van der Waals surface area (Å²) in [4.78, 5) is 62.0. The Bertz CT molecular complexity index is 2610. The molecule has 3 amide bonds. The third-order valence-corrected chi connectivity index (χ3v) is 17.7. The zero-order valence-electron chi connectivity index (χ0n) is 45.7. The van der Waals surface area contributed by atoms with Gasteiger partial charge in [-0.25, -0.2) is 4.98 Å². The lowest BCUT2D eigenvalue weighted by Gasteiger charge is -2.54. The van der Waals surface area contributed by atoms with Crippen LogP contribution >= 0.6 is 11.3 Å². The van der Waals surface area contributed by atoms with E-state index in [-0.39, 0.29) is 62.4 Å². The number of β-amino-alcohol motifs (C(OH)–C–C–N with tert-alkyl or cyclic N) is 1. The third-order valence-electron chi connectivity index (χ3n) is 16.8. The van der Waals surface area contributed by atoms with Gasteiger partial charge < -0.3 is 49.6 Å². The number of aryl methyl sites for hydroxylation is 1. The largest absolute Gasteiger partial charge is 0.391 e. The molecule has 1 unspecified atom stereocenters. The van der Waals surface area contributed by atoms with Gasteiger partial charge in [-0.15, -0.1) is 11.3 Å². The van der Waals surface area contributed by atoms with Crippen molar-refractivity contribution in [2.24, 2.45) is 22.7 Å². The number of likely N-dealkylation sites (tertiary alicyclic amines) is 1. The predicted molar refractivity (Wildman–Crippen MR) is 295 cm³/mol. The van der Waals surface area contributed by atoms with Gasteiger partial charge >= 0.3 is 0 Å². The Morgan fingerprint density at radius 1 is 0.947 bits per heavy atom. The van der Waals surface area contributed by atoms with Crippen molar-refractivity contribution in [3.8, 4) is 10.4 Å². The van der Waals surface area contributed by atoms with Gasteiger partial charge in [-0.3, -0.25) is 19.2 Å². The molecule has 0 radical (unpaired) electrons. The summed E-state index contributed by atoms with van der Waals surface area (Å²) in [5, 5.41) is 28.4. The van der Waals surface area contributed by atoms with Crippen molar-refractivity contribution in [3.05, 3.63) is 106 Å². The number of carbonyl (C=O) groups excluding carboxylic acids is 4. The number of aromatic nitrogens is 1. The molecular formula is C60H81N5O10S. The predicted octanol–water partition coefficient (Wildman–Crippen LogP) is 7.64. The molecule has 8 atom stereocenters. The van der Waals surface area contributed by atoms with E-state index in [1.807, 2.05) is 76.5 Å². The van der Waals surface area contributed by atoms with E-state index in [0.717, 1.165) is 65.9 Å². The lowest BCUT2D eigenvalue weighted by molar-refractivity contribution is -0.144. The average Bonchev–Trinajstić information content (AvgIpc) is 4.10. The third kappa shape index (κ3) is 13.1. The van der Waals surface area contributed by atoms with Gasteiger partial charge in [0.25, 0.3) is 0 Å². The molecule has 0 spiro atoms. The van der Waals surface area contributed by atoms with E-state index in [9.17, 15) is 29.4 Å². The molecule has 2 heterocycles. The van der Waals surface area contributed by atoms with Gasteiger partial charge in [0.15, 0.2) is 5.78 Å². The molecule has 4 N–H and O–H groups in total. The second-order valence-corrected chi connectivity index (χ2v) is 23.7. The molecule has 412 valence electrons. The fourth-order valence-corrected chi connectivity index (χ4v) is 13.5. The summed E-state index contributed by atoms with van der Waals surface area (Å²) < 4.78 is 22.8. The van der Waals surface area contributed by atoms with Crippen LogP contribution in [0.25, 0.3) is 10.4 Å². The smallest absolute Gasteiger partial charge is 0.246 e. The number of likely N-dealkylation sites (N-methyl/N-ethyl adjacent to an activating group) is 1. The maximum Gasteiger partial charge on any atom is 0.246 e. The lowest BCUT2D eigenvalue weighted by Crippen LogP contribution is -2.58. The van der Waals surface area contributed by atoms with Crippen LogP contribution in [0.3, 0.4) is 0 Å². The van der Waals surface area contributed by atoms with Crippen LogP contribution in [0.2, 0.25) is 0 Å². The molecule has 5 aliphatic rings. The van der Waals surface area contributed by atoms with E-state index in [1.54, 1.807) is 11.3 Å². The Morgan fingerprint density at radius 3 is 2.29 bits per heavy atom. The Balaban J connectivity index is 0.701. The van der Waals surface area contributed by atoms with Gasteiger partial charge in [0.05, 0.1) is 74.0 Å². The Labute approximate surface area is 453 Å². The van der Waals surface area contributed by atoms with Crippen LogP contribution in [0.15, 0.2) is 89.0 Å². The zero-order valence-corrected chi connectivity index (χ0v) is 46.6. The summed E-state index contributed by atoms with van der Waals surface area (Å²) in [5.74, 6) is -0.00467. The number of nitrogens with one attached hydrogen (secondary N) is 2. The normalized spacial score (nSPS) is 25.8. The number of benzene rings is 2. The van der Waals surface area contributed by atoms with E-state index < -0.39 is 41.0 Å². The molecule has 3 fully saturated rings. The quantitative estimate of drug-likeness (QED) is 0.0538. The number of hydrogen-bond acceptors (Lipinski definition) is 13. The van der Waals surface area contributed by atoms with E-state index in [4.69, 9.17) is 18.9 Å². The number of thiazole rings is 1. The van der Waals surface area contributed by atoms with E-state index in [0.29, 0.717) is 57.8 Å². The zero-order chi connectivity index (χ0) is 54.2. The standard InChI is InChI=1S/C60H81N5O10S/c1-8-22-60(71)23-21-50-48-19-15-43-32-45(66)18-20-47(43)53(48)49(34-59(50,60)6)41-13-16-44(17-14-41)64(7)24-25-72-26-27-73-28-29-74-30-31-75-37-52(68)63-55(58(3,4)5)57(70)65-36-46(67)33-51(65)56(69)61-35-40-9-11-42(12-10-40)54-39(2)62-38-76-54/h8-14,16-17,22,32,38,46,48-51,55,67,71H,15,18-21,23-31,33-37H2,1-7H3,(H,61,69)(H,63,68)/t46-,48+,49-,50+,51+,55?,59+,60+/m1/s1. The molecule has 1 aliphatic heterocycles. The molecule has 2 saturated carbocycles. The summed E-state index contributed by atoms with van der Waals surface area (Å²) >= 11 is 1.57. The number of amides is 3. The van der Waals surface area contributed by atoms with Crippen LogP contribution in [0.5, 0.6) is 0 Å². The van der Waals surface area contributed by atoms with Crippen LogP contribution in [0, 0.1) is 29.6 Å². The highest BCUT2D eigenvalue weighted by Gasteiger charge is 2.62. The van der Waals surface area contributed by atoms with Gasteiger partial charge in [-0.05, 0) is 116 Å². The van der Waals surface area contributed by atoms with Crippen molar-refractivity contribution in [2.45, 2.75) is 129 Å². The number of hydrogen-bond donors (Lipinski definition) is 4. The van der Waals surface area contributed by atoms with Crippen molar-refractivity contribution < 1.29 is 48.3 Å². The van der Waals surface area contributed by atoms with Gasteiger partial charge in [0, 0.05) is 56.5 Å². The number of carbonyl (C=O) groups is 4. The molecule has 2 aromatic carbocycles. The van der Waals surface area contributed by atoms with E-state index in [2.05, 4.69) is 64.8 Å². The first kappa shape index (κ1) is 57.1. The molecule has 3 aromatic rings. The highest BCUT2D eigenvalue weighted by molar-refractivity contribution is 7.13. The minimum atomic E-state index is -0.963. The van der Waals surface area contributed by atoms with E-state index in [1.165, 1.54) is 27.2 Å². The van der Waals surface area contributed by atoms with Gasteiger partial charge in [0.2, 0.25) is 17.7 Å². The molecule has 16 heteroatoms. The second-order valence-electron chi connectivity index (χ2n) is 22.8. The first-order valence-electron chi connectivity index (χ1n) is 27.4. The maximum atomic E-state index is 14.0. The molecule has 8 rings (SSSR count). The Kier molecular flexibility index (Phi) is 18.9. The minimum absolute atomic E-state index is 0.0137. The number of rotatable bonds is 23. The van der Waals surface area contributed by atoms with Crippen molar-refractivity contribution in [2.75, 3.05) is 77.9 Å². The first-order valence-corrected chi connectivity index (χ1v) is 28.3. The van der Waals surface area contributed by atoms with Crippen molar-refractivity contribution in [1.82, 2.24) is 20.5 Å². The summed E-state index contributed by atoms with van der Waals surface area (Å²) in [7, 11) is 2.07. The molecule has 1 aromatic heterocycles. The Hall–Kier alpha value is -5.07. The fourth-order valence-electron chi connectivity index (χ4n) is 12.6. The number of ketones is 1. The van der Waals surface area contributed by atoms with Crippen molar-refractivity contribution in [1.29, 1.82) is 0 Å². The summed E-state index contributed by atoms with van der Waals surface area (Å²) in [6.45, 7) is 15.0. The van der Waals surface area contributed by atoms with Gasteiger partial charge in [-0.1, -0.05) is 81.8 Å². The lowest BCUT2D eigenvalue weighted by atomic mass is 9.51. The summed E-state index contributed by atoms with van der Waals surface area (Å²) in [6.07, 6.45) is 11.3. The number of aliphatic hydroxyl groups excluding tert-OH is 1. The number of anilines is 1. The topological polar surface area (TPSA) is 189 Å². The SMILES string of the molecule is CC=C[C@]1(O)CC[C@H]2[C@@H]3CCC4=CC(=O)CCC4=C3[C@@H](c3ccc(N(C)CCOCCOCCOCCOCC(=O)NC(C(=O)N4C[C@H](O)C[C@H]4C(=O)NCc4ccc(-c5scnc5C)cc4)C(C)(C)C)cc3)C[C@@]21C. The van der Waals surface area contributed by atoms with Crippen LogP contribution in [-0.4, -0.2) is 140 Å². The average molecular weight is 1060 g/mol.